The summed E-state index contributed by atoms with van der Waals surface area (Å²) in [6.07, 6.45) is 4.20. The summed E-state index contributed by atoms with van der Waals surface area (Å²) in [5.74, 6) is 0.969. The highest BCUT2D eigenvalue weighted by Crippen LogP contribution is 2.41. The highest BCUT2D eigenvalue weighted by Gasteiger charge is 2.23. The van der Waals surface area contributed by atoms with Crippen LogP contribution in [0.5, 0.6) is 5.75 Å². The molecule has 6 heteroatoms. The molecule has 2 aliphatic heterocycles. The van der Waals surface area contributed by atoms with Crippen LogP contribution in [0.2, 0.25) is 0 Å². The highest BCUT2D eigenvalue weighted by molar-refractivity contribution is 7.22. The zero-order valence-electron chi connectivity index (χ0n) is 24.4. The smallest absolute Gasteiger partial charge is 0.123 e. The Morgan fingerprint density at radius 1 is 0.976 bits per heavy atom. The molecule has 1 atom stereocenters. The zero-order valence-corrected chi connectivity index (χ0v) is 25.2. The van der Waals surface area contributed by atoms with Gasteiger partial charge in [0.05, 0.1) is 26.9 Å². The third-order valence-electron chi connectivity index (χ3n) is 8.79. The van der Waals surface area contributed by atoms with Crippen molar-refractivity contribution in [3.05, 3.63) is 88.5 Å². The Kier molecular flexibility index (Phi) is 9.04. The molecule has 1 aromatic heterocycles. The lowest BCUT2D eigenvalue weighted by atomic mass is 9.97. The van der Waals surface area contributed by atoms with Gasteiger partial charge in [-0.05, 0) is 84.5 Å². The van der Waals surface area contributed by atoms with E-state index in [1.165, 1.54) is 54.8 Å². The molecule has 4 aromatic rings. The van der Waals surface area contributed by atoms with Crippen molar-refractivity contribution >= 4 is 21.4 Å². The molecule has 0 bridgehead atoms. The van der Waals surface area contributed by atoms with Gasteiger partial charge in [-0.3, -0.25) is 9.80 Å². The molecule has 0 amide bonds. The van der Waals surface area contributed by atoms with Gasteiger partial charge in [0, 0.05) is 47.4 Å². The van der Waals surface area contributed by atoms with E-state index in [0.717, 1.165) is 70.9 Å². The number of hydrogen-bond donors (Lipinski definition) is 1. The fraction of sp³-hybridized carbons (Fsp3) is 0.429. The number of benzene rings is 3. The van der Waals surface area contributed by atoms with Crippen LogP contribution >= 0.6 is 11.3 Å². The molecular formula is C35H42N2O3S. The number of thiophene rings is 1. The van der Waals surface area contributed by atoms with Crippen molar-refractivity contribution in [1.82, 2.24) is 9.80 Å². The minimum atomic E-state index is 0.273. The van der Waals surface area contributed by atoms with Crippen LogP contribution in [0.15, 0.2) is 60.7 Å². The molecule has 41 heavy (non-hydrogen) atoms. The van der Waals surface area contributed by atoms with Gasteiger partial charge in [0.25, 0.3) is 0 Å². The van der Waals surface area contributed by atoms with Gasteiger partial charge in [0.2, 0.25) is 0 Å². The third kappa shape index (κ3) is 6.52. The van der Waals surface area contributed by atoms with Crippen LogP contribution in [0.25, 0.3) is 20.5 Å². The quantitative estimate of drug-likeness (QED) is 0.242. The first-order chi connectivity index (χ1) is 20.1. The first-order valence-electron chi connectivity index (χ1n) is 15.0. The molecule has 3 heterocycles. The van der Waals surface area contributed by atoms with Gasteiger partial charge in [0.1, 0.15) is 5.75 Å². The van der Waals surface area contributed by atoms with Gasteiger partial charge < -0.3 is 14.6 Å². The highest BCUT2D eigenvalue weighted by atomic mass is 32.1. The van der Waals surface area contributed by atoms with E-state index >= 15 is 0 Å². The fourth-order valence-electron chi connectivity index (χ4n) is 6.39. The minimum Gasteiger partial charge on any atom is -0.496 e. The SMILES string of the molecule is COc1cc(Cc2c(-c3ccc(CCN4CCC[C@@H]4CO)cc3)sc3cc(C)ccc23)ccc1CN1CCOCC1. The molecule has 6 rings (SSSR count). The summed E-state index contributed by atoms with van der Waals surface area (Å²) in [6.45, 7) is 9.00. The van der Waals surface area contributed by atoms with Crippen LogP contribution in [-0.2, 0) is 24.1 Å². The summed E-state index contributed by atoms with van der Waals surface area (Å²) in [5, 5.41) is 11.0. The lowest BCUT2D eigenvalue weighted by Gasteiger charge is -2.27. The third-order valence-corrected chi connectivity index (χ3v) is 10.0. The molecule has 0 saturated carbocycles. The predicted octanol–water partition coefficient (Wildman–Crippen LogP) is 6.31. The lowest BCUT2D eigenvalue weighted by molar-refractivity contribution is 0.0339. The summed E-state index contributed by atoms with van der Waals surface area (Å²) in [4.78, 5) is 6.24. The van der Waals surface area contributed by atoms with E-state index in [1.54, 1.807) is 7.11 Å². The average molecular weight is 571 g/mol. The molecule has 2 saturated heterocycles. The van der Waals surface area contributed by atoms with E-state index < -0.39 is 0 Å². The zero-order chi connectivity index (χ0) is 28.2. The van der Waals surface area contributed by atoms with Crippen molar-refractivity contribution in [2.45, 2.75) is 45.2 Å². The second-order valence-corrected chi connectivity index (χ2v) is 12.6. The summed E-state index contributed by atoms with van der Waals surface area (Å²) >= 11 is 1.90. The van der Waals surface area contributed by atoms with Crippen molar-refractivity contribution in [1.29, 1.82) is 0 Å². The number of aliphatic hydroxyl groups is 1. The van der Waals surface area contributed by atoms with Crippen molar-refractivity contribution < 1.29 is 14.6 Å². The summed E-state index contributed by atoms with van der Waals surface area (Å²) in [6, 6.07) is 23.1. The van der Waals surface area contributed by atoms with Gasteiger partial charge in [-0.1, -0.05) is 48.5 Å². The Morgan fingerprint density at radius 2 is 1.78 bits per heavy atom. The topological polar surface area (TPSA) is 45.2 Å². The molecule has 1 N–H and O–H groups in total. The summed E-state index contributed by atoms with van der Waals surface area (Å²) in [7, 11) is 1.78. The average Bonchev–Trinajstić information content (AvgIpc) is 3.61. The number of nitrogens with zero attached hydrogens (tertiary/aromatic N) is 2. The monoisotopic (exact) mass is 570 g/mol. The number of fused-ring (bicyclic) bond motifs is 1. The molecular weight excluding hydrogens is 528 g/mol. The van der Waals surface area contributed by atoms with E-state index in [4.69, 9.17) is 9.47 Å². The van der Waals surface area contributed by atoms with Crippen molar-refractivity contribution in [3.63, 3.8) is 0 Å². The second kappa shape index (κ2) is 13.1. The number of methoxy groups -OCH3 is 1. The maximum absolute atomic E-state index is 9.66. The number of aliphatic hydroxyl groups excluding tert-OH is 1. The number of ether oxygens (including phenoxy) is 2. The molecule has 5 nitrogen and oxygen atoms in total. The number of morpholine rings is 1. The van der Waals surface area contributed by atoms with E-state index in [1.807, 2.05) is 11.3 Å². The van der Waals surface area contributed by atoms with Gasteiger partial charge >= 0.3 is 0 Å². The van der Waals surface area contributed by atoms with E-state index in [9.17, 15) is 5.11 Å². The Balaban J connectivity index is 1.24. The molecule has 0 aliphatic carbocycles. The van der Waals surface area contributed by atoms with Crippen LogP contribution in [0, 0.1) is 6.92 Å². The largest absolute Gasteiger partial charge is 0.496 e. The van der Waals surface area contributed by atoms with E-state index in [-0.39, 0.29) is 6.61 Å². The summed E-state index contributed by atoms with van der Waals surface area (Å²) < 4.78 is 12.8. The molecule has 2 fully saturated rings. The molecule has 2 aliphatic rings. The van der Waals surface area contributed by atoms with Gasteiger partial charge in [-0.2, -0.15) is 0 Å². The van der Waals surface area contributed by atoms with Gasteiger partial charge in [0.15, 0.2) is 0 Å². The Bertz CT molecular complexity index is 1460. The number of rotatable bonds is 10. The second-order valence-electron chi connectivity index (χ2n) is 11.6. The summed E-state index contributed by atoms with van der Waals surface area (Å²) in [5.41, 5.74) is 7.84. The number of aryl methyl sites for hydroxylation is 1. The van der Waals surface area contributed by atoms with E-state index in [0.29, 0.717) is 6.04 Å². The van der Waals surface area contributed by atoms with Crippen molar-refractivity contribution in [2.24, 2.45) is 0 Å². The maximum atomic E-state index is 9.66. The van der Waals surface area contributed by atoms with Gasteiger partial charge in [-0.15, -0.1) is 11.3 Å². The lowest BCUT2D eigenvalue weighted by Crippen LogP contribution is -2.35. The fourth-order valence-corrected chi connectivity index (χ4v) is 7.72. The first-order valence-corrected chi connectivity index (χ1v) is 15.8. The predicted molar refractivity (Wildman–Crippen MR) is 169 cm³/mol. The Hall–Kier alpha value is -2.74. The van der Waals surface area contributed by atoms with Crippen molar-refractivity contribution in [3.8, 4) is 16.2 Å². The molecule has 0 spiro atoms. The molecule has 0 unspecified atom stereocenters. The minimum absolute atomic E-state index is 0.273. The van der Waals surface area contributed by atoms with Crippen LogP contribution in [-0.4, -0.2) is 74.1 Å². The van der Waals surface area contributed by atoms with Crippen LogP contribution in [0.1, 0.15) is 40.7 Å². The standard InChI is InChI=1S/C35H42N2O3S/c1-25-5-12-31-32(21-27-8-11-29(33(22-27)39-2)23-36-16-18-40-19-17-36)35(41-34(31)20-25)28-9-6-26(7-10-28)13-15-37-14-3-4-30(37)24-38/h5-12,20,22,30,38H,3-4,13-19,21,23-24H2,1-2H3/t30-/m1/s1. The maximum Gasteiger partial charge on any atom is 0.123 e. The first kappa shape index (κ1) is 28.4. The Labute approximate surface area is 248 Å². The number of likely N-dealkylation sites (tertiary alicyclic amines) is 1. The molecule has 3 aromatic carbocycles. The Morgan fingerprint density at radius 3 is 2.56 bits per heavy atom. The molecule has 216 valence electrons. The molecule has 0 radical (unpaired) electrons. The van der Waals surface area contributed by atoms with Crippen LogP contribution < -0.4 is 4.74 Å². The van der Waals surface area contributed by atoms with E-state index in [2.05, 4.69) is 77.4 Å². The number of hydrogen-bond acceptors (Lipinski definition) is 6. The van der Waals surface area contributed by atoms with Crippen LogP contribution in [0.3, 0.4) is 0 Å². The van der Waals surface area contributed by atoms with Crippen molar-refractivity contribution in [2.75, 3.05) is 53.1 Å². The van der Waals surface area contributed by atoms with Gasteiger partial charge in [-0.25, -0.2) is 0 Å². The normalized spacial score (nSPS) is 18.4. The van der Waals surface area contributed by atoms with Crippen LogP contribution in [0.4, 0.5) is 0 Å².